The van der Waals surface area contributed by atoms with Gasteiger partial charge in [-0.1, -0.05) is 13.0 Å². The minimum Gasteiger partial charge on any atom is -0.374 e. The molecule has 0 bridgehead atoms. The number of hydrogen-bond acceptors (Lipinski definition) is 5. The van der Waals surface area contributed by atoms with Crippen LogP contribution in [0.1, 0.15) is 24.4 Å². The number of hydrogen-bond donors (Lipinski definition) is 1. The van der Waals surface area contributed by atoms with Crippen LogP contribution in [0.5, 0.6) is 0 Å². The van der Waals surface area contributed by atoms with E-state index < -0.39 is 0 Å². The zero-order chi connectivity index (χ0) is 14.8. The molecular weight excluding hydrogens is 286 g/mol. The van der Waals surface area contributed by atoms with E-state index in [0.717, 1.165) is 26.1 Å². The highest BCUT2D eigenvalue weighted by molar-refractivity contribution is 7.10. The second-order valence-electron chi connectivity index (χ2n) is 5.79. The van der Waals surface area contributed by atoms with Gasteiger partial charge < -0.3 is 14.5 Å². The van der Waals surface area contributed by atoms with Crippen molar-refractivity contribution in [3.8, 4) is 0 Å². The van der Waals surface area contributed by atoms with E-state index in [1.807, 2.05) is 11.0 Å². The zero-order valence-electron chi connectivity index (χ0n) is 12.6. The number of nitrogens with zero attached hydrogens (tertiary/aromatic N) is 2. The standard InChI is InChI=1S/C15H23N3O2S/c1-3-12-15(19)18(10-11-9-17(2)6-7-20-11)14(16-12)13-5-4-8-21-13/h4-5,8,11-12,14,16H,3,6-7,9-10H2,1-2H3. The first-order valence-corrected chi connectivity index (χ1v) is 8.47. The maximum Gasteiger partial charge on any atom is 0.241 e. The van der Waals surface area contributed by atoms with Gasteiger partial charge in [0.05, 0.1) is 25.3 Å². The lowest BCUT2D eigenvalue weighted by atomic mass is 10.2. The number of likely N-dealkylation sites (N-methyl/N-ethyl adjacent to an activating group) is 1. The molecule has 1 aromatic rings. The van der Waals surface area contributed by atoms with E-state index in [4.69, 9.17) is 4.74 Å². The molecule has 5 nitrogen and oxygen atoms in total. The minimum atomic E-state index is -0.0709. The second kappa shape index (κ2) is 6.44. The van der Waals surface area contributed by atoms with Crippen LogP contribution in [-0.2, 0) is 9.53 Å². The predicted octanol–water partition coefficient (Wildman–Crippen LogP) is 1.29. The molecule has 1 N–H and O–H groups in total. The molecule has 2 fully saturated rings. The summed E-state index contributed by atoms with van der Waals surface area (Å²) in [5.74, 6) is 0.202. The number of carbonyl (C=O) groups excluding carboxylic acids is 1. The van der Waals surface area contributed by atoms with Crippen molar-refractivity contribution < 1.29 is 9.53 Å². The molecule has 6 heteroatoms. The van der Waals surface area contributed by atoms with Crippen LogP contribution in [0.25, 0.3) is 0 Å². The lowest BCUT2D eigenvalue weighted by Crippen LogP contribution is -2.47. The fourth-order valence-electron chi connectivity index (χ4n) is 3.05. The normalized spacial score (nSPS) is 31.0. The van der Waals surface area contributed by atoms with Gasteiger partial charge in [0, 0.05) is 18.0 Å². The monoisotopic (exact) mass is 309 g/mol. The molecule has 3 heterocycles. The molecular formula is C15H23N3O2S. The first-order valence-electron chi connectivity index (χ1n) is 7.59. The Hall–Kier alpha value is -0.950. The fourth-order valence-corrected chi connectivity index (χ4v) is 3.84. The number of carbonyl (C=O) groups is 1. The first kappa shape index (κ1) is 15.0. The SMILES string of the molecule is CCC1NC(c2cccs2)N(CC2CN(C)CCO2)C1=O. The van der Waals surface area contributed by atoms with E-state index in [-0.39, 0.29) is 24.2 Å². The van der Waals surface area contributed by atoms with Gasteiger partial charge in [-0.25, -0.2) is 0 Å². The third kappa shape index (κ3) is 3.13. The fraction of sp³-hybridized carbons (Fsp3) is 0.667. The Morgan fingerprint density at radius 1 is 1.52 bits per heavy atom. The summed E-state index contributed by atoms with van der Waals surface area (Å²) in [5, 5.41) is 5.52. The molecule has 116 valence electrons. The summed E-state index contributed by atoms with van der Waals surface area (Å²) in [6.45, 7) is 5.31. The molecule has 0 radical (unpaired) electrons. The Balaban J connectivity index is 1.74. The van der Waals surface area contributed by atoms with Gasteiger partial charge in [0.2, 0.25) is 5.91 Å². The Kier molecular flexibility index (Phi) is 4.59. The Morgan fingerprint density at radius 3 is 3.05 bits per heavy atom. The van der Waals surface area contributed by atoms with Crippen molar-refractivity contribution in [3.05, 3.63) is 22.4 Å². The Bertz CT molecular complexity index is 479. The molecule has 2 saturated heterocycles. The lowest BCUT2D eigenvalue weighted by Gasteiger charge is -2.34. The van der Waals surface area contributed by atoms with Gasteiger partial charge in [0.1, 0.15) is 6.17 Å². The molecule has 2 aliphatic rings. The van der Waals surface area contributed by atoms with Gasteiger partial charge in [-0.3, -0.25) is 10.1 Å². The smallest absolute Gasteiger partial charge is 0.241 e. The molecule has 3 atom stereocenters. The van der Waals surface area contributed by atoms with Crippen molar-refractivity contribution >= 4 is 17.2 Å². The lowest BCUT2D eigenvalue weighted by molar-refractivity contribution is -0.133. The van der Waals surface area contributed by atoms with E-state index in [0.29, 0.717) is 6.54 Å². The van der Waals surface area contributed by atoms with E-state index in [1.165, 1.54) is 4.88 Å². The van der Waals surface area contributed by atoms with Crippen LogP contribution < -0.4 is 5.32 Å². The summed E-state index contributed by atoms with van der Waals surface area (Å²) in [5.41, 5.74) is 0. The number of nitrogens with one attached hydrogen (secondary N) is 1. The molecule has 3 unspecified atom stereocenters. The summed E-state index contributed by atoms with van der Waals surface area (Å²) in [6, 6.07) is 4.06. The average molecular weight is 309 g/mol. The predicted molar refractivity (Wildman–Crippen MR) is 83.2 cm³/mol. The first-order chi connectivity index (χ1) is 10.2. The van der Waals surface area contributed by atoms with Crippen LogP contribution in [-0.4, -0.2) is 61.1 Å². The molecule has 21 heavy (non-hydrogen) atoms. The van der Waals surface area contributed by atoms with Crippen molar-refractivity contribution in [1.82, 2.24) is 15.1 Å². The summed E-state index contributed by atoms with van der Waals surface area (Å²) in [6.07, 6.45) is 0.925. The number of thiophene rings is 1. The largest absolute Gasteiger partial charge is 0.374 e. The van der Waals surface area contributed by atoms with Crippen molar-refractivity contribution in [2.75, 3.05) is 33.3 Å². The number of rotatable bonds is 4. The summed E-state index contributed by atoms with van der Waals surface area (Å²) in [4.78, 5) is 18.0. The molecule has 2 aliphatic heterocycles. The Labute approximate surface area is 129 Å². The molecule has 0 aromatic carbocycles. The van der Waals surface area contributed by atoms with Crippen LogP contribution in [0.3, 0.4) is 0 Å². The molecule has 0 aliphatic carbocycles. The number of morpholine rings is 1. The van der Waals surface area contributed by atoms with Gasteiger partial charge in [0.15, 0.2) is 0 Å². The van der Waals surface area contributed by atoms with Gasteiger partial charge in [0.25, 0.3) is 0 Å². The van der Waals surface area contributed by atoms with Crippen LogP contribution in [0.2, 0.25) is 0 Å². The minimum absolute atomic E-state index is 0.00159. The third-order valence-corrected chi connectivity index (χ3v) is 5.14. The second-order valence-corrected chi connectivity index (χ2v) is 6.77. The number of ether oxygens (including phenoxy) is 1. The highest BCUT2D eigenvalue weighted by Gasteiger charge is 2.40. The molecule has 1 amide bonds. The molecule has 0 spiro atoms. The van der Waals surface area contributed by atoms with E-state index >= 15 is 0 Å². The maximum absolute atomic E-state index is 12.6. The highest BCUT2D eigenvalue weighted by atomic mass is 32.1. The van der Waals surface area contributed by atoms with Crippen LogP contribution in [0, 0.1) is 0 Å². The van der Waals surface area contributed by atoms with Crippen molar-refractivity contribution in [2.45, 2.75) is 31.7 Å². The quantitative estimate of drug-likeness (QED) is 0.910. The van der Waals surface area contributed by atoms with Crippen molar-refractivity contribution in [3.63, 3.8) is 0 Å². The summed E-state index contributed by atoms with van der Waals surface area (Å²) < 4.78 is 5.83. The van der Waals surface area contributed by atoms with Gasteiger partial charge in [-0.15, -0.1) is 11.3 Å². The molecule has 0 saturated carbocycles. The summed E-state index contributed by atoms with van der Waals surface area (Å²) >= 11 is 1.69. The average Bonchev–Trinajstić information content (AvgIpc) is 3.09. The Morgan fingerprint density at radius 2 is 2.38 bits per heavy atom. The van der Waals surface area contributed by atoms with Crippen LogP contribution in [0.15, 0.2) is 17.5 Å². The van der Waals surface area contributed by atoms with Gasteiger partial charge >= 0.3 is 0 Å². The highest BCUT2D eigenvalue weighted by Crippen LogP contribution is 2.30. The maximum atomic E-state index is 12.6. The summed E-state index contributed by atoms with van der Waals surface area (Å²) in [7, 11) is 2.10. The molecule has 3 rings (SSSR count). The van der Waals surface area contributed by atoms with Gasteiger partial charge in [-0.2, -0.15) is 0 Å². The zero-order valence-corrected chi connectivity index (χ0v) is 13.4. The van der Waals surface area contributed by atoms with Crippen LogP contribution >= 0.6 is 11.3 Å². The molecule has 1 aromatic heterocycles. The topological polar surface area (TPSA) is 44.8 Å². The van der Waals surface area contributed by atoms with Crippen molar-refractivity contribution in [1.29, 1.82) is 0 Å². The van der Waals surface area contributed by atoms with E-state index in [2.05, 4.69) is 35.6 Å². The van der Waals surface area contributed by atoms with E-state index in [1.54, 1.807) is 11.3 Å². The number of amides is 1. The van der Waals surface area contributed by atoms with Gasteiger partial charge in [-0.05, 0) is 24.9 Å². The van der Waals surface area contributed by atoms with E-state index in [9.17, 15) is 4.79 Å². The van der Waals surface area contributed by atoms with Crippen molar-refractivity contribution in [2.24, 2.45) is 0 Å². The third-order valence-electron chi connectivity index (χ3n) is 4.22. The van der Waals surface area contributed by atoms with Crippen LogP contribution in [0.4, 0.5) is 0 Å².